The summed E-state index contributed by atoms with van der Waals surface area (Å²) in [6.45, 7) is 4.71. The molecule has 4 aromatic rings. The topological polar surface area (TPSA) is 101 Å². The minimum atomic E-state index is -0.217. The molecule has 10 heteroatoms. The van der Waals surface area contributed by atoms with E-state index in [0.717, 1.165) is 28.1 Å². The molecule has 168 valence electrons. The SMILES string of the molecule is C/C=C(\C)c1cc(-c2cc(Cl)cc(Cl)c2)n(Cc2ccc(C(=O)NCc3nn[nH]n3)cc2)n1. The van der Waals surface area contributed by atoms with E-state index < -0.39 is 0 Å². The molecule has 0 atom stereocenters. The quantitative estimate of drug-likeness (QED) is 0.395. The van der Waals surface area contributed by atoms with Gasteiger partial charge in [0, 0.05) is 21.2 Å². The fraction of sp³-hybridized carbons (Fsp3) is 0.174. The molecule has 0 fully saturated rings. The number of nitrogens with zero attached hydrogens (tertiary/aromatic N) is 5. The summed E-state index contributed by atoms with van der Waals surface area (Å²) in [5.74, 6) is 0.199. The lowest BCUT2D eigenvalue weighted by Gasteiger charge is -2.10. The number of aromatic nitrogens is 6. The lowest BCUT2D eigenvalue weighted by Crippen LogP contribution is -2.23. The molecule has 2 heterocycles. The number of hydrogen-bond donors (Lipinski definition) is 2. The molecular formula is C23H21Cl2N7O. The smallest absolute Gasteiger partial charge is 0.251 e. The summed E-state index contributed by atoms with van der Waals surface area (Å²) >= 11 is 12.5. The van der Waals surface area contributed by atoms with Gasteiger partial charge in [0.25, 0.3) is 5.91 Å². The molecule has 2 aromatic heterocycles. The number of tetrazole rings is 1. The van der Waals surface area contributed by atoms with E-state index in [1.807, 2.05) is 54.9 Å². The lowest BCUT2D eigenvalue weighted by atomic mass is 10.1. The first-order valence-corrected chi connectivity index (χ1v) is 11.0. The number of aromatic amines is 1. The molecule has 0 aliphatic rings. The molecule has 0 spiro atoms. The van der Waals surface area contributed by atoms with Crippen molar-refractivity contribution in [3.8, 4) is 11.3 Å². The van der Waals surface area contributed by atoms with Crippen molar-refractivity contribution in [1.82, 2.24) is 35.7 Å². The van der Waals surface area contributed by atoms with Gasteiger partial charge in [-0.25, -0.2) is 0 Å². The summed E-state index contributed by atoms with van der Waals surface area (Å²) in [5.41, 5.74) is 5.25. The second kappa shape index (κ2) is 9.97. The Bertz CT molecular complexity index is 1270. The van der Waals surface area contributed by atoms with Crippen LogP contribution in [0.4, 0.5) is 0 Å². The normalized spacial score (nSPS) is 11.6. The fourth-order valence-electron chi connectivity index (χ4n) is 3.27. The van der Waals surface area contributed by atoms with Gasteiger partial charge in [-0.2, -0.15) is 10.3 Å². The lowest BCUT2D eigenvalue weighted by molar-refractivity contribution is 0.0950. The van der Waals surface area contributed by atoms with Crippen LogP contribution >= 0.6 is 23.2 Å². The zero-order valence-electron chi connectivity index (χ0n) is 18.0. The molecule has 2 aromatic carbocycles. The van der Waals surface area contributed by atoms with Crippen LogP contribution in [0.15, 0.2) is 54.6 Å². The number of hydrogen-bond acceptors (Lipinski definition) is 5. The van der Waals surface area contributed by atoms with Crippen LogP contribution in [0.1, 0.15) is 41.3 Å². The maximum Gasteiger partial charge on any atom is 0.251 e. The van der Waals surface area contributed by atoms with E-state index in [0.29, 0.717) is 28.0 Å². The van der Waals surface area contributed by atoms with E-state index >= 15 is 0 Å². The van der Waals surface area contributed by atoms with Crippen LogP contribution in [-0.2, 0) is 13.1 Å². The van der Waals surface area contributed by atoms with E-state index in [1.165, 1.54) is 0 Å². The number of allylic oxidation sites excluding steroid dienone is 2. The summed E-state index contributed by atoms with van der Waals surface area (Å²) in [6, 6.07) is 14.8. The Hall–Kier alpha value is -3.49. The molecule has 0 saturated carbocycles. The van der Waals surface area contributed by atoms with Gasteiger partial charge in [0.1, 0.15) is 0 Å². The molecule has 4 rings (SSSR count). The van der Waals surface area contributed by atoms with Crippen LogP contribution < -0.4 is 5.32 Å². The number of nitrogens with one attached hydrogen (secondary N) is 2. The van der Waals surface area contributed by atoms with Crippen molar-refractivity contribution in [2.24, 2.45) is 0 Å². The molecule has 33 heavy (non-hydrogen) atoms. The molecule has 2 N–H and O–H groups in total. The van der Waals surface area contributed by atoms with E-state index in [4.69, 9.17) is 28.3 Å². The third-order valence-electron chi connectivity index (χ3n) is 5.12. The Morgan fingerprint density at radius 2 is 1.85 bits per heavy atom. The zero-order chi connectivity index (χ0) is 23.4. The molecule has 0 aliphatic carbocycles. The minimum Gasteiger partial charge on any atom is -0.345 e. The molecule has 0 saturated heterocycles. The fourth-order valence-corrected chi connectivity index (χ4v) is 3.79. The van der Waals surface area contributed by atoms with E-state index in [1.54, 1.807) is 18.2 Å². The highest BCUT2D eigenvalue weighted by molar-refractivity contribution is 6.35. The van der Waals surface area contributed by atoms with E-state index in [2.05, 4.69) is 25.9 Å². The maximum atomic E-state index is 12.4. The van der Waals surface area contributed by atoms with Crippen LogP contribution in [-0.4, -0.2) is 36.3 Å². The molecular weight excluding hydrogens is 461 g/mol. The summed E-state index contributed by atoms with van der Waals surface area (Å²) in [4.78, 5) is 12.4. The van der Waals surface area contributed by atoms with Gasteiger partial charge in [-0.1, -0.05) is 46.6 Å². The van der Waals surface area contributed by atoms with Crippen molar-refractivity contribution in [1.29, 1.82) is 0 Å². The number of rotatable bonds is 7. The molecule has 0 unspecified atom stereocenters. The first-order valence-electron chi connectivity index (χ1n) is 10.2. The largest absolute Gasteiger partial charge is 0.345 e. The molecule has 0 aliphatic heterocycles. The number of carbonyl (C=O) groups excluding carboxylic acids is 1. The second-order valence-electron chi connectivity index (χ2n) is 7.41. The van der Waals surface area contributed by atoms with Crippen LogP contribution in [0.5, 0.6) is 0 Å². The average Bonchev–Trinajstić information content (AvgIpc) is 3.47. The van der Waals surface area contributed by atoms with Gasteiger partial charge in [0.05, 0.1) is 24.5 Å². The van der Waals surface area contributed by atoms with Crippen molar-refractivity contribution in [2.45, 2.75) is 26.9 Å². The van der Waals surface area contributed by atoms with Crippen molar-refractivity contribution in [2.75, 3.05) is 0 Å². The number of halogens is 2. The van der Waals surface area contributed by atoms with Gasteiger partial charge in [0.15, 0.2) is 5.82 Å². The predicted molar refractivity (Wildman–Crippen MR) is 128 cm³/mol. The summed E-state index contributed by atoms with van der Waals surface area (Å²) in [7, 11) is 0. The van der Waals surface area contributed by atoms with Gasteiger partial charge >= 0.3 is 0 Å². The average molecular weight is 482 g/mol. The van der Waals surface area contributed by atoms with Gasteiger partial charge < -0.3 is 5.32 Å². The Morgan fingerprint density at radius 1 is 1.12 bits per heavy atom. The highest BCUT2D eigenvalue weighted by Gasteiger charge is 2.14. The number of amides is 1. The Morgan fingerprint density at radius 3 is 2.48 bits per heavy atom. The molecule has 0 bridgehead atoms. The first-order chi connectivity index (χ1) is 15.9. The summed E-state index contributed by atoms with van der Waals surface area (Å²) in [5, 5.41) is 22.1. The van der Waals surface area contributed by atoms with Gasteiger partial charge in [0.2, 0.25) is 0 Å². The van der Waals surface area contributed by atoms with Crippen LogP contribution in [0, 0.1) is 0 Å². The van der Waals surface area contributed by atoms with Crippen molar-refractivity contribution >= 4 is 34.7 Å². The minimum absolute atomic E-state index is 0.197. The first kappa shape index (κ1) is 22.7. The monoisotopic (exact) mass is 481 g/mol. The van der Waals surface area contributed by atoms with Crippen molar-refractivity contribution in [3.05, 3.63) is 87.3 Å². The molecule has 0 radical (unpaired) electrons. The maximum absolute atomic E-state index is 12.4. The molecule has 8 nitrogen and oxygen atoms in total. The highest BCUT2D eigenvalue weighted by Crippen LogP contribution is 2.30. The van der Waals surface area contributed by atoms with Crippen molar-refractivity contribution < 1.29 is 4.79 Å². The van der Waals surface area contributed by atoms with E-state index in [-0.39, 0.29) is 12.5 Å². The van der Waals surface area contributed by atoms with Crippen molar-refractivity contribution in [3.63, 3.8) is 0 Å². The van der Waals surface area contributed by atoms with Gasteiger partial charge in [-0.05, 0) is 61.4 Å². The Labute approximate surface area is 200 Å². The molecule has 1 amide bonds. The van der Waals surface area contributed by atoms with Crippen LogP contribution in [0.2, 0.25) is 10.0 Å². The van der Waals surface area contributed by atoms with E-state index in [9.17, 15) is 4.79 Å². The van der Waals surface area contributed by atoms with Crippen LogP contribution in [0.25, 0.3) is 16.8 Å². The van der Waals surface area contributed by atoms with Gasteiger partial charge in [-0.15, -0.1) is 10.2 Å². The predicted octanol–water partition coefficient (Wildman–Crippen LogP) is 4.77. The van der Waals surface area contributed by atoms with Crippen LogP contribution in [0.3, 0.4) is 0 Å². The highest BCUT2D eigenvalue weighted by atomic mass is 35.5. The number of benzene rings is 2. The Kier molecular flexibility index (Phi) is 6.86. The standard InChI is InChI=1S/C23H21Cl2N7O/c1-3-14(2)20-11-21(17-8-18(24)10-19(25)9-17)32(29-20)13-15-4-6-16(7-5-15)23(33)26-12-22-27-30-31-28-22/h3-11H,12-13H2,1-2H3,(H,26,33)(H,27,28,30,31)/b14-3+. The number of H-pyrrole nitrogens is 1. The zero-order valence-corrected chi connectivity index (χ0v) is 19.5. The third-order valence-corrected chi connectivity index (χ3v) is 5.56. The second-order valence-corrected chi connectivity index (χ2v) is 8.28. The Balaban J connectivity index is 1.56. The summed E-state index contributed by atoms with van der Waals surface area (Å²) < 4.78 is 1.91. The number of carbonyl (C=O) groups is 1. The van der Waals surface area contributed by atoms with Gasteiger partial charge in [-0.3, -0.25) is 9.48 Å². The third kappa shape index (κ3) is 5.47. The summed E-state index contributed by atoms with van der Waals surface area (Å²) in [6.07, 6.45) is 2.02.